The number of rotatable bonds is 1. The summed E-state index contributed by atoms with van der Waals surface area (Å²) < 4.78 is 5.31. The summed E-state index contributed by atoms with van der Waals surface area (Å²) in [7, 11) is 0. The van der Waals surface area contributed by atoms with E-state index in [-0.39, 0.29) is 0 Å². The highest BCUT2D eigenvalue weighted by Gasteiger charge is 2.37. The van der Waals surface area contributed by atoms with Gasteiger partial charge in [-0.1, -0.05) is 0 Å². The normalized spacial score (nSPS) is 39.8. The van der Waals surface area contributed by atoms with Gasteiger partial charge in [-0.2, -0.15) is 0 Å². The number of fused-ring (bicyclic) bond motifs is 2. The molecule has 2 atom stereocenters. The van der Waals surface area contributed by atoms with Gasteiger partial charge in [0.05, 0.1) is 12.2 Å². The standard InChI is InChI=1S/C6H9NO2/c8-4-7-2-5-1-6(3-7)9-5/h4-6H,1-3H2. The molecule has 1 amide bonds. The second-order valence-corrected chi connectivity index (χ2v) is 2.68. The lowest BCUT2D eigenvalue weighted by atomic mass is 10.00. The second-order valence-electron chi connectivity index (χ2n) is 2.68. The predicted molar refractivity (Wildman–Crippen MR) is 30.9 cm³/mol. The molecule has 3 heterocycles. The van der Waals surface area contributed by atoms with E-state index in [9.17, 15) is 4.79 Å². The number of morpholine rings is 1. The van der Waals surface area contributed by atoms with Gasteiger partial charge in [-0.25, -0.2) is 0 Å². The third-order valence-electron chi connectivity index (χ3n) is 1.94. The quantitative estimate of drug-likeness (QED) is 0.449. The predicted octanol–water partition coefficient (Wildman–Crippen LogP) is -0.384. The van der Waals surface area contributed by atoms with Crippen LogP contribution in [0.5, 0.6) is 0 Å². The van der Waals surface area contributed by atoms with Gasteiger partial charge in [0.25, 0.3) is 0 Å². The zero-order valence-corrected chi connectivity index (χ0v) is 5.12. The fraction of sp³-hybridized carbons (Fsp3) is 0.833. The van der Waals surface area contributed by atoms with Crippen LogP contribution in [0.1, 0.15) is 6.42 Å². The minimum absolute atomic E-state index is 0.356. The van der Waals surface area contributed by atoms with E-state index in [2.05, 4.69) is 0 Å². The number of amides is 1. The number of hydrogen-bond acceptors (Lipinski definition) is 2. The highest BCUT2D eigenvalue weighted by Crippen LogP contribution is 2.26. The molecule has 0 aliphatic carbocycles. The van der Waals surface area contributed by atoms with Crippen LogP contribution >= 0.6 is 0 Å². The van der Waals surface area contributed by atoms with Gasteiger partial charge in [-0.15, -0.1) is 0 Å². The molecule has 50 valence electrons. The Morgan fingerprint density at radius 3 is 2.33 bits per heavy atom. The Balaban J connectivity index is 1.96. The molecule has 0 saturated carbocycles. The van der Waals surface area contributed by atoms with Crippen LogP contribution in [0.3, 0.4) is 0 Å². The molecule has 9 heavy (non-hydrogen) atoms. The maximum atomic E-state index is 10.2. The molecule has 3 aliphatic heterocycles. The number of nitrogens with zero attached hydrogens (tertiary/aromatic N) is 1. The first-order valence-corrected chi connectivity index (χ1v) is 3.23. The molecule has 3 heteroatoms. The SMILES string of the molecule is O=CN1CC2CC(C1)O2. The number of carbonyl (C=O) groups is 1. The first kappa shape index (κ1) is 5.23. The summed E-state index contributed by atoms with van der Waals surface area (Å²) in [4.78, 5) is 12.0. The van der Waals surface area contributed by atoms with Crippen molar-refractivity contribution < 1.29 is 9.53 Å². The van der Waals surface area contributed by atoms with Crippen molar-refractivity contribution in [1.82, 2.24) is 4.90 Å². The Labute approximate surface area is 53.6 Å². The second kappa shape index (κ2) is 1.70. The number of piperidine rings is 1. The van der Waals surface area contributed by atoms with Crippen LogP contribution in [0.25, 0.3) is 0 Å². The van der Waals surface area contributed by atoms with Crippen LogP contribution < -0.4 is 0 Å². The summed E-state index contributed by atoms with van der Waals surface area (Å²) in [5.41, 5.74) is 0. The molecule has 0 aromatic carbocycles. The van der Waals surface area contributed by atoms with Crippen LogP contribution in [-0.4, -0.2) is 36.6 Å². The van der Waals surface area contributed by atoms with Gasteiger partial charge in [0, 0.05) is 19.5 Å². The third kappa shape index (κ3) is 0.721. The van der Waals surface area contributed by atoms with E-state index < -0.39 is 0 Å². The van der Waals surface area contributed by atoms with E-state index in [4.69, 9.17) is 4.74 Å². The molecular weight excluding hydrogens is 118 g/mol. The summed E-state index contributed by atoms with van der Waals surface area (Å²) in [5, 5.41) is 0. The first-order chi connectivity index (χ1) is 4.38. The molecule has 2 unspecified atom stereocenters. The minimum atomic E-state index is 0.356. The maximum Gasteiger partial charge on any atom is 0.209 e. The van der Waals surface area contributed by atoms with E-state index >= 15 is 0 Å². The number of carbonyl (C=O) groups excluding carboxylic acids is 1. The summed E-state index contributed by atoms with van der Waals surface area (Å²) in [6.07, 6.45) is 2.77. The third-order valence-corrected chi connectivity index (χ3v) is 1.94. The van der Waals surface area contributed by atoms with Crippen LogP contribution in [0.15, 0.2) is 0 Å². The molecule has 3 rings (SSSR count). The fourth-order valence-corrected chi connectivity index (χ4v) is 1.47. The summed E-state index contributed by atoms with van der Waals surface area (Å²) in [6, 6.07) is 0. The molecule has 3 aliphatic rings. The Hall–Kier alpha value is -0.570. The van der Waals surface area contributed by atoms with Crippen molar-refractivity contribution >= 4 is 6.41 Å². The van der Waals surface area contributed by atoms with Crippen molar-refractivity contribution in [3.05, 3.63) is 0 Å². The lowest BCUT2D eigenvalue weighted by Gasteiger charge is -2.45. The van der Waals surface area contributed by atoms with Crippen LogP contribution in [0.2, 0.25) is 0 Å². The highest BCUT2D eigenvalue weighted by atomic mass is 16.5. The van der Waals surface area contributed by atoms with Gasteiger partial charge in [0.1, 0.15) is 0 Å². The number of hydrogen-bond donors (Lipinski definition) is 0. The Bertz CT molecular complexity index is 121. The zero-order valence-electron chi connectivity index (χ0n) is 5.12. The molecule has 3 saturated heterocycles. The lowest BCUT2D eigenvalue weighted by Crippen LogP contribution is -2.56. The first-order valence-electron chi connectivity index (χ1n) is 3.23. The van der Waals surface area contributed by atoms with Crippen molar-refractivity contribution in [2.45, 2.75) is 18.6 Å². The van der Waals surface area contributed by atoms with Crippen molar-refractivity contribution in [3.8, 4) is 0 Å². The van der Waals surface area contributed by atoms with E-state index in [1.807, 2.05) is 0 Å². The van der Waals surface area contributed by atoms with E-state index in [1.54, 1.807) is 4.90 Å². The fourth-order valence-electron chi connectivity index (χ4n) is 1.47. The monoisotopic (exact) mass is 127 g/mol. The van der Waals surface area contributed by atoms with Gasteiger partial charge in [0.2, 0.25) is 6.41 Å². The van der Waals surface area contributed by atoms with Crippen molar-refractivity contribution in [3.63, 3.8) is 0 Å². The van der Waals surface area contributed by atoms with E-state index in [1.165, 1.54) is 0 Å². The lowest BCUT2D eigenvalue weighted by molar-refractivity contribution is -0.181. The van der Waals surface area contributed by atoms with Gasteiger partial charge >= 0.3 is 0 Å². The van der Waals surface area contributed by atoms with Crippen molar-refractivity contribution in [2.75, 3.05) is 13.1 Å². The maximum absolute atomic E-state index is 10.2. The van der Waals surface area contributed by atoms with Crippen LogP contribution in [0, 0.1) is 0 Å². The van der Waals surface area contributed by atoms with Crippen LogP contribution in [-0.2, 0) is 9.53 Å². The van der Waals surface area contributed by atoms with Gasteiger partial charge in [0.15, 0.2) is 0 Å². The summed E-state index contributed by atoms with van der Waals surface area (Å²) >= 11 is 0. The molecule has 3 fully saturated rings. The highest BCUT2D eigenvalue weighted by molar-refractivity contribution is 5.47. The Kier molecular flexibility index (Phi) is 0.990. The molecule has 0 N–H and O–H groups in total. The molecule has 0 aromatic heterocycles. The zero-order chi connectivity index (χ0) is 6.27. The molecule has 3 nitrogen and oxygen atoms in total. The average Bonchev–Trinajstić information content (AvgIpc) is 1.87. The minimum Gasteiger partial charge on any atom is -0.371 e. The van der Waals surface area contributed by atoms with E-state index in [0.29, 0.717) is 12.2 Å². The Morgan fingerprint density at radius 2 is 2.00 bits per heavy atom. The largest absolute Gasteiger partial charge is 0.371 e. The van der Waals surface area contributed by atoms with E-state index in [0.717, 1.165) is 25.9 Å². The average molecular weight is 127 g/mol. The summed E-state index contributed by atoms with van der Waals surface area (Å²) in [6.45, 7) is 1.61. The number of ether oxygens (including phenoxy) is 1. The van der Waals surface area contributed by atoms with Crippen LogP contribution in [0.4, 0.5) is 0 Å². The smallest absolute Gasteiger partial charge is 0.209 e. The molecule has 2 bridgehead atoms. The van der Waals surface area contributed by atoms with Gasteiger partial charge in [-0.3, -0.25) is 4.79 Å². The van der Waals surface area contributed by atoms with Crippen molar-refractivity contribution in [1.29, 1.82) is 0 Å². The van der Waals surface area contributed by atoms with Gasteiger partial charge in [-0.05, 0) is 0 Å². The van der Waals surface area contributed by atoms with Crippen molar-refractivity contribution in [2.24, 2.45) is 0 Å². The molecule has 0 aromatic rings. The molecule has 0 spiro atoms. The Morgan fingerprint density at radius 1 is 1.44 bits per heavy atom. The molecular formula is C6H9NO2. The van der Waals surface area contributed by atoms with Gasteiger partial charge < -0.3 is 9.64 Å². The topological polar surface area (TPSA) is 29.5 Å². The summed E-state index contributed by atoms with van der Waals surface area (Å²) in [5.74, 6) is 0. The molecule has 0 radical (unpaired) electrons.